The predicted molar refractivity (Wildman–Crippen MR) is 52.8 cm³/mol. The number of thiocyanates is 1. The summed E-state index contributed by atoms with van der Waals surface area (Å²) in [6.07, 6.45) is 2.16. The van der Waals surface area contributed by atoms with Crippen LogP contribution in [0.4, 0.5) is 0 Å². The molecule has 0 spiro atoms. The van der Waals surface area contributed by atoms with E-state index in [2.05, 4.69) is 17.5 Å². The molecule has 0 fully saturated rings. The highest BCUT2D eigenvalue weighted by Gasteiger charge is 1.91. The van der Waals surface area contributed by atoms with E-state index >= 15 is 0 Å². The van der Waals surface area contributed by atoms with Crippen LogP contribution in [0.25, 0.3) is 0 Å². The minimum Gasteiger partial charge on any atom is -0.185 e. The summed E-state index contributed by atoms with van der Waals surface area (Å²) in [5, 5.41) is 10.3. The lowest BCUT2D eigenvalue weighted by molar-refractivity contribution is 0.935. The zero-order valence-electron chi connectivity index (χ0n) is 6.86. The third-order valence-corrected chi connectivity index (χ3v) is 2.24. The van der Waals surface area contributed by atoms with Crippen molar-refractivity contribution in [1.29, 1.82) is 5.26 Å². The highest BCUT2D eigenvalue weighted by Crippen LogP contribution is 2.06. The van der Waals surface area contributed by atoms with E-state index in [1.807, 2.05) is 18.2 Å². The quantitative estimate of drug-likeness (QED) is 0.521. The molecule has 1 aromatic rings. The summed E-state index contributed by atoms with van der Waals surface area (Å²) in [6, 6.07) is 10.4. The van der Waals surface area contributed by atoms with Crippen molar-refractivity contribution in [1.82, 2.24) is 0 Å². The molecular weight excluding hydrogens is 166 g/mol. The molecule has 0 unspecified atom stereocenters. The van der Waals surface area contributed by atoms with Crippen molar-refractivity contribution in [3.05, 3.63) is 35.9 Å². The Kier molecular flexibility index (Phi) is 4.33. The lowest BCUT2D eigenvalue weighted by Gasteiger charge is -1.97. The molecule has 0 aromatic heterocycles. The Morgan fingerprint density at radius 3 is 2.67 bits per heavy atom. The largest absolute Gasteiger partial charge is 0.185 e. The van der Waals surface area contributed by atoms with Crippen molar-refractivity contribution in [3.8, 4) is 5.40 Å². The van der Waals surface area contributed by atoms with Crippen molar-refractivity contribution < 1.29 is 0 Å². The predicted octanol–water partition coefficient (Wildman–Crippen LogP) is 2.83. The standard InChI is InChI=1S/C10H11NS/c11-9-12-8-4-7-10-5-2-1-3-6-10/h1-3,5-6H,4,7-8H2. The van der Waals surface area contributed by atoms with E-state index in [-0.39, 0.29) is 0 Å². The Balaban J connectivity index is 2.21. The molecule has 0 amide bonds. The first-order valence-corrected chi connectivity index (χ1v) is 4.97. The average Bonchev–Trinajstić information content (AvgIpc) is 2.14. The summed E-state index contributed by atoms with van der Waals surface area (Å²) >= 11 is 1.33. The second-order valence-electron chi connectivity index (χ2n) is 2.53. The Labute approximate surface area is 77.4 Å². The zero-order valence-corrected chi connectivity index (χ0v) is 7.68. The van der Waals surface area contributed by atoms with E-state index in [9.17, 15) is 0 Å². The number of hydrogen-bond acceptors (Lipinski definition) is 2. The van der Waals surface area contributed by atoms with Crippen LogP contribution in [0.2, 0.25) is 0 Å². The summed E-state index contributed by atoms with van der Waals surface area (Å²) in [5.74, 6) is 0.936. The number of rotatable bonds is 4. The Morgan fingerprint density at radius 2 is 2.00 bits per heavy atom. The van der Waals surface area contributed by atoms with E-state index in [0.717, 1.165) is 18.6 Å². The van der Waals surface area contributed by atoms with Gasteiger partial charge in [-0.15, -0.1) is 0 Å². The van der Waals surface area contributed by atoms with Crippen molar-refractivity contribution in [2.75, 3.05) is 5.75 Å². The maximum atomic E-state index is 8.28. The van der Waals surface area contributed by atoms with Gasteiger partial charge in [0.1, 0.15) is 5.40 Å². The number of benzene rings is 1. The summed E-state index contributed by atoms with van der Waals surface area (Å²) in [7, 11) is 0. The minimum absolute atomic E-state index is 0.936. The van der Waals surface area contributed by atoms with Crippen molar-refractivity contribution in [2.45, 2.75) is 12.8 Å². The molecule has 0 bridgehead atoms. The van der Waals surface area contributed by atoms with Gasteiger partial charge in [-0.05, 0) is 30.2 Å². The van der Waals surface area contributed by atoms with Crippen LogP contribution in [0, 0.1) is 10.7 Å². The molecule has 0 heterocycles. The first-order valence-electron chi connectivity index (χ1n) is 3.98. The molecule has 1 nitrogen and oxygen atoms in total. The van der Waals surface area contributed by atoms with Gasteiger partial charge in [0.25, 0.3) is 0 Å². The van der Waals surface area contributed by atoms with Crippen LogP contribution in [0.5, 0.6) is 0 Å². The number of thioether (sulfide) groups is 1. The molecule has 0 aliphatic heterocycles. The number of hydrogen-bond donors (Lipinski definition) is 0. The molecule has 0 aliphatic rings. The molecule has 0 N–H and O–H groups in total. The molecule has 62 valence electrons. The second kappa shape index (κ2) is 5.68. The summed E-state index contributed by atoms with van der Waals surface area (Å²) in [4.78, 5) is 0. The van der Waals surface area contributed by atoms with E-state index < -0.39 is 0 Å². The molecule has 0 radical (unpaired) electrons. The third-order valence-electron chi connectivity index (χ3n) is 1.62. The van der Waals surface area contributed by atoms with Crippen LogP contribution in [-0.2, 0) is 6.42 Å². The molecule has 0 saturated carbocycles. The summed E-state index contributed by atoms with van der Waals surface area (Å²) in [5.41, 5.74) is 1.36. The molecule has 0 atom stereocenters. The topological polar surface area (TPSA) is 23.8 Å². The monoisotopic (exact) mass is 177 g/mol. The molecule has 2 heteroatoms. The lowest BCUT2D eigenvalue weighted by atomic mass is 10.1. The van der Waals surface area contributed by atoms with Gasteiger partial charge in [0.2, 0.25) is 0 Å². The van der Waals surface area contributed by atoms with Gasteiger partial charge in [-0.25, -0.2) is 0 Å². The van der Waals surface area contributed by atoms with E-state index in [1.165, 1.54) is 17.3 Å². The maximum absolute atomic E-state index is 8.28. The smallest absolute Gasteiger partial charge is 0.133 e. The fourth-order valence-electron chi connectivity index (χ4n) is 1.04. The van der Waals surface area contributed by atoms with Crippen LogP contribution < -0.4 is 0 Å². The van der Waals surface area contributed by atoms with Gasteiger partial charge in [0.05, 0.1) is 0 Å². The summed E-state index contributed by atoms with van der Waals surface area (Å²) in [6.45, 7) is 0. The Morgan fingerprint density at radius 1 is 1.25 bits per heavy atom. The highest BCUT2D eigenvalue weighted by atomic mass is 32.2. The van der Waals surface area contributed by atoms with Crippen LogP contribution in [-0.4, -0.2) is 5.75 Å². The van der Waals surface area contributed by atoms with Crippen LogP contribution in [0.1, 0.15) is 12.0 Å². The van der Waals surface area contributed by atoms with Gasteiger partial charge in [-0.1, -0.05) is 30.3 Å². The van der Waals surface area contributed by atoms with Crippen LogP contribution in [0.3, 0.4) is 0 Å². The number of nitriles is 1. The molecule has 0 aliphatic carbocycles. The highest BCUT2D eigenvalue weighted by molar-refractivity contribution is 8.03. The fourth-order valence-corrected chi connectivity index (χ4v) is 1.42. The molecule has 12 heavy (non-hydrogen) atoms. The van der Waals surface area contributed by atoms with Crippen molar-refractivity contribution >= 4 is 11.8 Å². The molecule has 1 aromatic carbocycles. The van der Waals surface area contributed by atoms with Gasteiger partial charge in [0, 0.05) is 5.75 Å². The Bertz CT molecular complexity index is 250. The van der Waals surface area contributed by atoms with Crippen LogP contribution >= 0.6 is 11.8 Å². The van der Waals surface area contributed by atoms with Gasteiger partial charge in [0.15, 0.2) is 0 Å². The molecule has 1 rings (SSSR count). The SMILES string of the molecule is N#CSCCCc1ccccc1. The lowest BCUT2D eigenvalue weighted by Crippen LogP contribution is -1.85. The number of nitrogens with zero attached hydrogens (tertiary/aromatic N) is 1. The minimum atomic E-state index is 0.936. The first kappa shape index (κ1) is 9.15. The second-order valence-corrected chi connectivity index (χ2v) is 3.41. The normalized spacial score (nSPS) is 9.25. The maximum Gasteiger partial charge on any atom is 0.133 e. The first-order chi connectivity index (χ1) is 5.93. The summed E-state index contributed by atoms with van der Waals surface area (Å²) < 4.78 is 0. The van der Waals surface area contributed by atoms with E-state index in [1.54, 1.807) is 0 Å². The van der Waals surface area contributed by atoms with Crippen LogP contribution in [0.15, 0.2) is 30.3 Å². The van der Waals surface area contributed by atoms with Gasteiger partial charge in [-0.2, -0.15) is 5.26 Å². The van der Waals surface area contributed by atoms with Gasteiger partial charge in [-0.3, -0.25) is 0 Å². The van der Waals surface area contributed by atoms with E-state index in [4.69, 9.17) is 5.26 Å². The Hall–Kier alpha value is -0.940. The van der Waals surface area contributed by atoms with E-state index in [0.29, 0.717) is 0 Å². The van der Waals surface area contributed by atoms with Crippen molar-refractivity contribution in [3.63, 3.8) is 0 Å². The molecular formula is C10H11NS. The third kappa shape index (κ3) is 3.45. The number of aryl methyl sites for hydroxylation is 1. The van der Waals surface area contributed by atoms with Gasteiger partial charge < -0.3 is 0 Å². The van der Waals surface area contributed by atoms with Gasteiger partial charge >= 0.3 is 0 Å². The fraction of sp³-hybridized carbons (Fsp3) is 0.300. The zero-order chi connectivity index (χ0) is 8.65. The molecule has 0 saturated heterocycles. The average molecular weight is 177 g/mol. The van der Waals surface area contributed by atoms with Crippen molar-refractivity contribution in [2.24, 2.45) is 0 Å².